The van der Waals surface area contributed by atoms with Crippen molar-refractivity contribution in [3.63, 3.8) is 0 Å². The molecule has 0 spiro atoms. The molecule has 0 fully saturated rings. The van der Waals surface area contributed by atoms with Gasteiger partial charge in [0, 0.05) is 11.3 Å². The standard InChI is InChI=1S/C15H18N2O2/c1-10-4-7-14(11(2)15(10)19-3)17-8-12-5-6-13(18)9-16-12/h4-7,9,17-18H,8H2,1-3H3. The summed E-state index contributed by atoms with van der Waals surface area (Å²) in [6.07, 6.45) is 1.44. The van der Waals surface area contributed by atoms with Gasteiger partial charge in [0.25, 0.3) is 0 Å². The Morgan fingerprint density at radius 2 is 2.00 bits per heavy atom. The maximum atomic E-state index is 9.19. The molecule has 0 radical (unpaired) electrons. The van der Waals surface area contributed by atoms with Crippen LogP contribution >= 0.6 is 0 Å². The van der Waals surface area contributed by atoms with Gasteiger partial charge in [-0.2, -0.15) is 0 Å². The maximum Gasteiger partial charge on any atom is 0.133 e. The van der Waals surface area contributed by atoms with Crippen LogP contribution in [0.2, 0.25) is 0 Å². The van der Waals surface area contributed by atoms with Crippen molar-refractivity contribution in [2.45, 2.75) is 20.4 Å². The predicted octanol–water partition coefficient (Wildman–Crippen LogP) is 3.02. The normalized spacial score (nSPS) is 10.3. The first-order valence-corrected chi connectivity index (χ1v) is 6.13. The van der Waals surface area contributed by atoms with Gasteiger partial charge in [0.15, 0.2) is 0 Å². The number of hydrogen-bond acceptors (Lipinski definition) is 4. The summed E-state index contributed by atoms with van der Waals surface area (Å²) in [7, 11) is 1.68. The summed E-state index contributed by atoms with van der Waals surface area (Å²) >= 11 is 0. The number of aromatic nitrogens is 1. The van der Waals surface area contributed by atoms with Crippen LogP contribution in [0.1, 0.15) is 16.8 Å². The lowest BCUT2D eigenvalue weighted by atomic mass is 10.1. The summed E-state index contributed by atoms with van der Waals surface area (Å²) in [5.41, 5.74) is 4.10. The van der Waals surface area contributed by atoms with Gasteiger partial charge in [-0.3, -0.25) is 4.98 Å². The Bertz CT molecular complexity index is 565. The van der Waals surface area contributed by atoms with Crippen LogP contribution in [-0.4, -0.2) is 17.2 Å². The van der Waals surface area contributed by atoms with Gasteiger partial charge in [-0.25, -0.2) is 0 Å². The second kappa shape index (κ2) is 5.61. The molecule has 2 aromatic rings. The molecule has 0 amide bonds. The topological polar surface area (TPSA) is 54.4 Å². The molecule has 100 valence electrons. The summed E-state index contributed by atoms with van der Waals surface area (Å²) in [6.45, 7) is 4.66. The molecule has 2 N–H and O–H groups in total. The van der Waals surface area contributed by atoms with E-state index in [0.717, 1.165) is 28.3 Å². The highest BCUT2D eigenvalue weighted by Gasteiger charge is 2.07. The van der Waals surface area contributed by atoms with E-state index < -0.39 is 0 Å². The van der Waals surface area contributed by atoms with Crippen molar-refractivity contribution in [1.29, 1.82) is 0 Å². The lowest BCUT2D eigenvalue weighted by Crippen LogP contribution is -2.04. The van der Waals surface area contributed by atoms with E-state index in [9.17, 15) is 5.11 Å². The fourth-order valence-corrected chi connectivity index (χ4v) is 2.04. The van der Waals surface area contributed by atoms with Gasteiger partial charge in [-0.05, 0) is 37.6 Å². The van der Waals surface area contributed by atoms with E-state index in [-0.39, 0.29) is 5.75 Å². The molecule has 0 aliphatic rings. The average molecular weight is 258 g/mol. The molecular formula is C15H18N2O2. The van der Waals surface area contributed by atoms with Gasteiger partial charge >= 0.3 is 0 Å². The Morgan fingerprint density at radius 1 is 1.21 bits per heavy atom. The minimum absolute atomic E-state index is 0.178. The number of aryl methyl sites for hydroxylation is 1. The minimum atomic E-state index is 0.178. The quantitative estimate of drug-likeness (QED) is 0.885. The van der Waals surface area contributed by atoms with Crippen LogP contribution in [0.25, 0.3) is 0 Å². The zero-order valence-electron chi connectivity index (χ0n) is 11.4. The van der Waals surface area contributed by atoms with Crippen molar-refractivity contribution < 1.29 is 9.84 Å². The van der Waals surface area contributed by atoms with E-state index >= 15 is 0 Å². The molecule has 4 heteroatoms. The molecule has 0 unspecified atom stereocenters. The first-order chi connectivity index (χ1) is 9.11. The molecule has 0 atom stereocenters. The van der Waals surface area contributed by atoms with E-state index in [1.807, 2.05) is 26.0 Å². The van der Waals surface area contributed by atoms with E-state index in [2.05, 4.69) is 10.3 Å². The number of nitrogens with zero attached hydrogens (tertiary/aromatic N) is 1. The van der Waals surface area contributed by atoms with Crippen LogP contribution in [0, 0.1) is 13.8 Å². The van der Waals surface area contributed by atoms with Gasteiger partial charge in [0.1, 0.15) is 11.5 Å². The van der Waals surface area contributed by atoms with Crippen LogP contribution in [0.3, 0.4) is 0 Å². The number of anilines is 1. The summed E-state index contributed by atoms with van der Waals surface area (Å²) < 4.78 is 5.40. The molecule has 19 heavy (non-hydrogen) atoms. The Morgan fingerprint density at radius 3 is 2.63 bits per heavy atom. The SMILES string of the molecule is COc1c(C)ccc(NCc2ccc(O)cn2)c1C. The van der Waals surface area contributed by atoms with Crippen LogP contribution in [0.15, 0.2) is 30.5 Å². The van der Waals surface area contributed by atoms with Crippen molar-refractivity contribution in [2.75, 3.05) is 12.4 Å². The first-order valence-electron chi connectivity index (χ1n) is 6.13. The Balaban J connectivity index is 2.13. The number of rotatable bonds is 4. The molecule has 0 aliphatic carbocycles. The molecule has 1 aromatic heterocycles. The second-order valence-electron chi connectivity index (χ2n) is 4.45. The van der Waals surface area contributed by atoms with Crippen molar-refractivity contribution in [1.82, 2.24) is 4.98 Å². The Hall–Kier alpha value is -2.23. The van der Waals surface area contributed by atoms with E-state index in [1.165, 1.54) is 6.20 Å². The average Bonchev–Trinajstić information content (AvgIpc) is 2.40. The lowest BCUT2D eigenvalue weighted by Gasteiger charge is -2.14. The highest BCUT2D eigenvalue weighted by atomic mass is 16.5. The Labute approximate surface area is 113 Å². The third-order valence-corrected chi connectivity index (χ3v) is 3.08. The second-order valence-corrected chi connectivity index (χ2v) is 4.45. The molecule has 0 saturated carbocycles. The maximum absolute atomic E-state index is 9.19. The monoisotopic (exact) mass is 258 g/mol. The van der Waals surface area contributed by atoms with Crippen molar-refractivity contribution in [2.24, 2.45) is 0 Å². The highest BCUT2D eigenvalue weighted by Crippen LogP contribution is 2.29. The summed E-state index contributed by atoms with van der Waals surface area (Å²) in [5.74, 6) is 1.08. The van der Waals surface area contributed by atoms with Crippen molar-refractivity contribution >= 4 is 5.69 Å². The molecule has 2 rings (SSSR count). The van der Waals surface area contributed by atoms with Crippen molar-refractivity contribution in [3.05, 3.63) is 47.3 Å². The third-order valence-electron chi connectivity index (χ3n) is 3.08. The van der Waals surface area contributed by atoms with Crippen LogP contribution in [0.5, 0.6) is 11.5 Å². The van der Waals surface area contributed by atoms with E-state index in [0.29, 0.717) is 6.54 Å². The smallest absolute Gasteiger partial charge is 0.133 e. The molecule has 1 heterocycles. The van der Waals surface area contributed by atoms with Gasteiger partial charge < -0.3 is 15.2 Å². The fraction of sp³-hybridized carbons (Fsp3) is 0.267. The van der Waals surface area contributed by atoms with Crippen LogP contribution in [-0.2, 0) is 6.54 Å². The molecular weight excluding hydrogens is 240 g/mol. The fourth-order valence-electron chi connectivity index (χ4n) is 2.04. The zero-order valence-corrected chi connectivity index (χ0v) is 11.4. The van der Waals surface area contributed by atoms with Gasteiger partial charge in [-0.1, -0.05) is 6.07 Å². The number of methoxy groups -OCH3 is 1. The minimum Gasteiger partial charge on any atom is -0.506 e. The van der Waals surface area contributed by atoms with Gasteiger partial charge in [0.05, 0.1) is 25.5 Å². The lowest BCUT2D eigenvalue weighted by molar-refractivity contribution is 0.409. The van der Waals surface area contributed by atoms with E-state index in [4.69, 9.17) is 4.74 Å². The zero-order chi connectivity index (χ0) is 13.8. The van der Waals surface area contributed by atoms with Crippen molar-refractivity contribution in [3.8, 4) is 11.5 Å². The number of aromatic hydroxyl groups is 1. The number of benzene rings is 1. The number of pyridine rings is 1. The predicted molar refractivity (Wildman–Crippen MR) is 75.7 cm³/mol. The Kier molecular flexibility index (Phi) is 3.90. The number of nitrogens with one attached hydrogen (secondary N) is 1. The highest BCUT2D eigenvalue weighted by molar-refractivity contribution is 5.59. The largest absolute Gasteiger partial charge is 0.506 e. The molecule has 0 aliphatic heterocycles. The molecule has 1 aromatic carbocycles. The number of ether oxygens (including phenoxy) is 1. The van der Waals surface area contributed by atoms with Gasteiger partial charge in [-0.15, -0.1) is 0 Å². The number of hydrogen-bond donors (Lipinski definition) is 2. The van der Waals surface area contributed by atoms with Crippen LogP contribution in [0.4, 0.5) is 5.69 Å². The summed E-state index contributed by atoms with van der Waals surface area (Å²) in [6, 6.07) is 7.49. The van der Waals surface area contributed by atoms with E-state index in [1.54, 1.807) is 19.2 Å². The summed E-state index contributed by atoms with van der Waals surface area (Å²) in [5, 5.41) is 12.5. The van der Waals surface area contributed by atoms with Crippen LogP contribution < -0.4 is 10.1 Å². The summed E-state index contributed by atoms with van der Waals surface area (Å²) in [4.78, 5) is 4.14. The molecule has 0 bridgehead atoms. The third kappa shape index (κ3) is 2.96. The molecule has 0 saturated heterocycles. The van der Waals surface area contributed by atoms with Gasteiger partial charge in [0.2, 0.25) is 0 Å². The first kappa shape index (κ1) is 13.2. The molecule has 4 nitrogen and oxygen atoms in total.